The minimum atomic E-state index is -0.0743. The van der Waals surface area contributed by atoms with E-state index in [1.165, 1.54) is 0 Å². The highest BCUT2D eigenvalue weighted by atomic mass is 16.5. The molecule has 1 N–H and O–H groups in total. The van der Waals surface area contributed by atoms with Gasteiger partial charge >= 0.3 is 0 Å². The maximum absolute atomic E-state index is 6.07. The number of furan rings is 1. The maximum atomic E-state index is 6.07. The van der Waals surface area contributed by atoms with Gasteiger partial charge in [0.1, 0.15) is 17.1 Å². The van der Waals surface area contributed by atoms with Gasteiger partial charge in [0.05, 0.1) is 19.3 Å². The molecule has 1 unspecified atom stereocenters. The Labute approximate surface area is 123 Å². The van der Waals surface area contributed by atoms with E-state index >= 15 is 0 Å². The summed E-state index contributed by atoms with van der Waals surface area (Å²) in [6, 6.07) is 10.1. The smallest absolute Gasteiger partial charge is 0.142 e. The molecule has 0 aliphatic rings. The number of nitrogens with zero attached hydrogens (tertiary/aromatic N) is 1. The largest absolute Gasteiger partial charge is 0.495 e. The summed E-state index contributed by atoms with van der Waals surface area (Å²) in [6.45, 7) is 2.05. The molecule has 4 heteroatoms. The topological polar surface area (TPSA) is 47.3 Å². The van der Waals surface area contributed by atoms with Crippen molar-refractivity contribution in [2.24, 2.45) is 0 Å². The van der Waals surface area contributed by atoms with Gasteiger partial charge in [-0.3, -0.25) is 4.98 Å². The highest BCUT2D eigenvalue weighted by molar-refractivity contribution is 5.81. The Morgan fingerprint density at radius 3 is 2.86 bits per heavy atom. The number of hydrogen-bond acceptors (Lipinski definition) is 4. The summed E-state index contributed by atoms with van der Waals surface area (Å²) in [6.07, 6.45) is 3.48. The fraction of sp³-hybridized carbons (Fsp3) is 0.235. The first-order valence-electron chi connectivity index (χ1n) is 6.89. The quantitative estimate of drug-likeness (QED) is 0.796. The Kier molecular flexibility index (Phi) is 3.62. The molecule has 0 radical (unpaired) electrons. The number of methoxy groups -OCH3 is 1. The average molecular weight is 282 g/mol. The maximum Gasteiger partial charge on any atom is 0.142 e. The van der Waals surface area contributed by atoms with E-state index in [1.807, 2.05) is 19.2 Å². The SMILES string of the molecule is CNC(c1cc2cccc(C)c2o1)c1ccncc1OC. The normalized spacial score (nSPS) is 12.5. The molecule has 2 aromatic heterocycles. The Morgan fingerprint density at radius 2 is 2.14 bits per heavy atom. The summed E-state index contributed by atoms with van der Waals surface area (Å²) in [5, 5.41) is 4.40. The number of pyridine rings is 1. The second kappa shape index (κ2) is 5.58. The lowest BCUT2D eigenvalue weighted by atomic mass is 10.0. The average Bonchev–Trinajstić information content (AvgIpc) is 2.94. The third kappa shape index (κ3) is 2.38. The molecule has 0 aliphatic heterocycles. The highest BCUT2D eigenvalue weighted by Gasteiger charge is 2.20. The second-order valence-corrected chi connectivity index (χ2v) is 4.98. The van der Waals surface area contributed by atoms with Crippen molar-refractivity contribution >= 4 is 11.0 Å². The van der Waals surface area contributed by atoms with E-state index in [0.29, 0.717) is 0 Å². The fourth-order valence-corrected chi connectivity index (χ4v) is 2.62. The fourth-order valence-electron chi connectivity index (χ4n) is 2.62. The van der Waals surface area contributed by atoms with E-state index in [9.17, 15) is 0 Å². The van der Waals surface area contributed by atoms with Gasteiger partial charge in [-0.2, -0.15) is 0 Å². The van der Waals surface area contributed by atoms with Crippen LogP contribution < -0.4 is 10.1 Å². The molecule has 108 valence electrons. The van der Waals surface area contributed by atoms with Crippen LogP contribution in [0.2, 0.25) is 0 Å². The van der Waals surface area contributed by atoms with Gasteiger partial charge < -0.3 is 14.5 Å². The Hall–Kier alpha value is -2.33. The number of nitrogens with one attached hydrogen (secondary N) is 1. The summed E-state index contributed by atoms with van der Waals surface area (Å²) in [5.74, 6) is 1.61. The molecule has 0 saturated heterocycles. The van der Waals surface area contributed by atoms with Crippen molar-refractivity contribution in [1.29, 1.82) is 0 Å². The van der Waals surface area contributed by atoms with Gasteiger partial charge in [0, 0.05) is 17.1 Å². The van der Waals surface area contributed by atoms with Crippen LogP contribution in [-0.2, 0) is 0 Å². The van der Waals surface area contributed by atoms with E-state index in [0.717, 1.165) is 33.6 Å². The van der Waals surface area contributed by atoms with E-state index < -0.39 is 0 Å². The number of benzene rings is 1. The molecule has 4 nitrogen and oxygen atoms in total. The first kappa shape index (κ1) is 13.6. The Balaban J connectivity index is 2.12. The van der Waals surface area contributed by atoms with Crippen LogP contribution in [0.5, 0.6) is 5.75 Å². The van der Waals surface area contributed by atoms with Crippen molar-refractivity contribution in [1.82, 2.24) is 10.3 Å². The number of fused-ring (bicyclic) bond motifs is 1. The van der Waals surface area contributed by atoms with Crippen LogP contribution >= 0.6 is 0 Å². The van der Waals surface area contributed by atoms with Crippen molar-refractivity contribution in [2.75, 3.05) is 14.2 Å². The lowest BCUT2D eigenvalue weighted by molar-refractivity contribution is 0.397. The molecule has 1 atom stereocenters. The van der Waals surface area contributed by atoms with Gasteiger partial charge in [-0.15, -0.1) is 0 Å². The Bertz CT molecular complexity index is 764. The number of aryl methyl sites for hydroxylation is 1. The summed E-state index contributed by atoms with van der Waals surface area (Å²) in [5.41, 5.74) is 3.07. The highest BCUT2D eigenvalue weighted by Crippen LogP contribution is 2.33. The summed E-state index contributed by atoms with van der Waals surface area (Å²) in [7, 11) is 3.56. The molecule has 0 amide bonds. The molecule has 3 rings (SSSR count). The van der Waals surface area contributed by atoms with Crippen LogP contribution in [0.25, 0.3) is 11.0 Å². The molecule has 0 bridgehead atoms. The third-order valence-electron chi connectivity index (χ3n) is 3.68. The lowest BCUT2D eigenvalue weighted by Crippen LogP contribution is -2.17. The number of aromatic nitrogens is 1. The first-order valence-corrected chi connectivity index (χ1v) is 6.89. The van der Waals surface area contributed by atoms with Crippen molar-refractivity contribution in [3.8, 4) is 5.75 Å². The van der Waals surface area contributed by atoms with Crippen LogP contribution in [-0.4, -0.2) is 19.1 Å². The zero-order valence-corrected chi connectivity index (χ0v) is 12.4. The minimum Gasteiger partial charge on any atom is -0.495 e. The van der Waals surface area contributed by atoms with Crippen LogP contribution in [0, 0.1) is 6.92 Å². The monoisotopic (exact) mass is 282 g/mol. The summed E-state index contributed by atoms with van der Waals surface area (Å²) in [4.78, 5) is 4.10. The first-order chi connectivity index (χ1) is 10.2. The number of rotatable bonds is 4. The van der Waals surface area contributed by atoms with Gasteiger partial charge in [-0.05, 0) is 31.7 Å². The number of ether oxygens (including phenoxy) is 1. The van der Waals surface area contributed by atoms with E-state index in [4.69, 9.17) is 9.15 Å². The van der Waals surface area contributed by atoms with Crippen LogP contribution in [0.1, 0.15) is 22.9 Å². The van der Waals surface area contributed by atoms with Gasteiger partial charge in [0.15, 0.2) is 0 Å². The van der Waals surface area contributed by atoms with Crippen molar-refractivity contribution in [3.05, 3.63) is 59.6 Å². The van der Waals surface area contributed by atoms with Crippen molar-refractivity contribution in [2.45, 2.75) is 13.0 Å². The zero-order valence-electron chi connectivity index (χ0n) is 12.4. The van der Waals surface area contributed by atoms with Crippen LogP contribution in [0.4, 0.5) is 0 Å². The summed E-state index contributed by atoms with van der Waals surface area (Å²) < 4.78 is 11.5. The molecule has 0 aliphatic carbocycles. The molecule has 0 fully saturated rings. The van der Waals surface area contributed by atoms with E-state index in [-0.39, 0.29) is 6.04 Å². The molecular formula is C17H18N2O2. The summed E-state index contributed by atoms with van der Waals surface area (Å²) >= 11 is 0. The molecule has 3 aromatic rings. The zero-order chi connectivity index (χ0) is 14.8. The van der Waals surface area contributed by atoms with E-state index in [1.54, 1.807) is 19.5 Å². The molecule has 21 heavy (non-hydrogen) atoms. The van der Waals surface area contributed by atoms with E-state index in [2.05, 4.69) is 35.4 Å². The van der Waals surface area contributed by atoms with Crippen LogP contribution in [0.3, 0.4) is 0 Å². The minimum absolute atomic E-state index is 0.0743. The number of hydrogen-bond donors (Lipinski definition) is 1. The lowest BCUT2D eigenvalue weighted by Gasteiger charge is -2.16. The van der Waals surface area contributed by atoms with Gasteiger partial charge in [0.2, 0.25) is 0 Å². The second-order valence-electron chi connectivity index (χ2n) is 4.98. The predicted octanol–water partition coefficient (Wildman–Crippen LogP) is 3.45. The molecule has 1 aromatic carbocycles. The number of para-hydroxylation sites is 1. The molecule has 0 saturated carbocycles. The van der Waals surface area contributed by atoms with Crippen LogP contribution in [0.15, 0.2) is 47.1 Å². The molecular weight excluding hydrogens is 264 g/mol. The van der Waals surface area contributed by atoms with Crippen molar-refractivity contribution in [3.63, 3.8) is 0 Å². The molecule has 2 heterocycles. The van der Waals surface area contributed by atoms with Gasteiger partial charge in [0.25, 0.3) is 0 Å². The van der Waals surface area contributed by atoms with Gasteiger partial charge in [-0.25, -0.2) is 0 Å². The van der Waals surface area contributed by atoms with Gasteiger partial charge in [-0.1, -0.05) is 18.2 Å². The third-order valence-corrected chi connectivity index (χ3v) is 3.68. The standard InChI is InChI=1S/C17H18N2O2/c1-11-5-4-6-12-9-14(21-17(11)12)16(18-2)13-7-8-19-10-15(13)20-3/h4-10,16,18H,1-3H3. The van der Waals surface area contributed by atoms with Crippen molar-refractivity contribution < 1.29 is 9.15 Å². The molecule has 0 spiro atoms. The Morgan fingerprint density at radius 1 is 1.29 bits per heavy atom. The predicted molar refractivity (Wildman–Crippen MR) is 82.6 cm³/mol.